The van der Waals surface area contributed by atoms with Crippen molar-refractivity contribution in [3.05, 3.63) is 18.1 Å². The number of anilines is 1. The lowest BCUT2D eigenvalue weighted by Crippen LogP contribution is -2.21. The molecule has 0 bridgehead atoms. The summed E-state index contributed by atoms with van der Waals surface area (Å²) in [6.07, 6.45) is 5.25. The standard InChI is InChI=1S/C11H17N3O2/c1-4-5-6-14(2)10-8-12-7-9(13-10)11(15)16-3/h7-8H,4-6H2,1-3H3. The number of nitrogens with zero attached hydrogens (tertiary/aromatic N) is 3. The Morgan fingerprint density at radius 3 is 2.88 bits per heavy atom. The maximum Gasteiger partial charge on any atom is 0.358 e. The third-order valence-electron chi connectivity index (χ3n) is 2.25. The molecule has 0 aliphatic rings. The number of hydrogen-bond acceptors (Lipinski definition) is 5. The molecule has 0 saturated carbocycles. The first-order valence-corrected chi connectivity index (χ1v) is 5.30. The van der Waals surface area contributed by atoms with Crippen molar-refractivity contribution in [2.24, 2.45) is 0 Å². The van der Waals surface area contributed by atoms with Crippen LogP contribution in [0.5, 0.6) is 0 Å². The van der Waals surface area contributed by atoms with Gasteiger partial charge in [-0.05, 0) is 6.42 Å². The molecule has 88 valence electrons. The Hall–Kier alpha value is -1.65. The Morgan fingerprint density at radius 2 is 2.25 bits per heavy atom. The van der Waals surface area contributed by atoms with E-state index in [1.807, 2.05) is 11.9 Å². The zero-order valence-corrected chi connectivity index (χ0v) is 9.93. The molecule has 0 amide bonds. The maximum absolute atomic E-state index is 11.3. The van der Waals surface area contributed by atoms with Crippen molar-refractivity contribution in [3.8, 4) is 0 Å². The normalized spacial score (nSPS) is 9.94. The summed E-state index contributed by atoms with van der Waals surface area (Å²) in [7, 11) is 3.26. The summed E-state index contributed by atoms with van der Waals surface area (Å²) in [6.45, 7) is 3.03. The fraction of sp³-hybridized carbons (Fsp3) is 0.545. The molecule has 0 aliphatic heterocycles. The van der Waals surface area contributed by atoms with Crippen molar-refractivity contribution in [3.63, 3.8) is 0 Å². The molecule has 0 N–H and O–H groups in total. The van der Waals surface area contributed by atoms with Crippen molar-refractivity contribution in [1.82, 2.24) is 9.97 Å². The van der Waals surface area contributed by atoms with Gasteiger partial charge in [0.1, 0.15) is 5.82 Å². The topological polar surface area (TPSA) is 55.3 Å². The SMILES string of the molecule is CCCCN(C)c1cncc(C(=O)OC)n1. The number of unbranched alkanes of at least 4 members (excludes halogenated alkanes) is 1. The number of methoxy groups -OCH3 is 1. The summed E-state index contributed by atoms with van der Waals surface area (Å²) < 4.78 is 4.59. The van der Waals surface area contributed by atoms with Crippen LogP contribution in [-0.4, -0.2) is 36.6 Å². The van der Waals surface area contributed by atoms with Crippen LogP contribution in [0.15, 0.2) is 12.4 Å². The highest BCUT2D eigenvalue weighted by molar-refractivity contribution is 5.87. The van der Waals surface area contributed by atoms with Gasteiger partial charge in [0.25, 0.3) is 0 Å². The number of hydrogen-bond donors (Lipinski definition) is 0. The van der Waals surface area contributed by atoms with E-state index in [1.54, 1.807) is 6.20 Å². The van der Waals surface area contributed by atoms with Crippen LogP contribution in [0.2, 0.25) is 0 Å². The van der Waals surface area contributed by atoms with Gasteiger partial charge in [-0.15, -0.1) is 0 Å². The van der Waals surface area contributed by atoms with Crippen molar-refractivity contribution >= 4 is 11.8 Å². The fourth-order valence-corrected chi connectivity index (χ4v) is 1.25. The summed E-state index contributed by atoms with van der Waals surface area (Å²) in [6, 6.07) is 0. The number of ether oxygens (including phenoxy) is 1. The van der Waals surface area contributed by atoms with Gasteiger partial charge in [-0.25, -0.2) is 9.78 Å². The summed E-state index contributed by atoms with van der Waals surface area (Å²) >= 11 is 0. The van der Waals surface area contributed by atoms with Gasteiger partial charge in [0.15, 0.2) is 5.69 Å². The van der Waals surface area contributed by atoms with Crippen LogP contribution in [-0.2, 0) is 4.74 Å². The smallest absolute Gasteiger partial charge is 0.358 e. The van der Waals surface area contributed by atoms with Gasteiger partial charge < -0.3 is 9.64 Å². The first-order valence-electron chi connectivity index (χ1n) is 5.30. The summed E-state index contributed by atoms with van der Waals surface area (Å²) in [5.41, 5.74) is 0.239. The van der Waals surface area contributed by atoms with E-state index in [1.165, 1.54) is 13.3 Å². The molecule has 0 unspecified atom stereocenters. The molecule has 0 radical (unpaired) electrons. The van der Waals surface area contributed by atoms with Crippen LogP contribution in [0, 0.1) is 0 Å². The van der Waals surface area contributed by atoms with Crippen LogP contribution < -0.4 is 4.90 Å². The van der Waals surface area contributed by atoms with Crippen molar-refractivity contribution in [1.29, 1.82) is 0 Å². The predicted octanol–water partition coefficient (Wildman–Crippen LogP) is 1.50. The molecule has 0 atom stereocenters. The minimum atomic E-state index is -0.460. The third kappa shape index (κ3) is 3.18. The molecule has 1 heterocycles. The van der Waals surface area contributed by atoms with E-state index < -0.39 is 5.97 Å². The highest BCUT2D eigenvalue weighted by atomic mass is 16.5. The van der Waals surface area contributed by atoms with Gasteiger partial charge in [-0.3, -0.25) is 4.98 Å². The largest absolute Gasteiger partial charge is 0.464 e. The van der Waals surface area contributed by atoms with E-state index in [-0.39, 0.29) is 5.69 Å². The minimum absolute atomic E-state index is 0.239. The molecule has 0 saturated heterocycles. The van der Waals surface area contributed by atoms with E-state index >= 15 is 0 Å². The molecular weight excluding hydrogens is 206 g/mol. The lowest BCUT2D eigenvalue weighted by Gasteiger charge is -2.17. The second-order valence-corrected chi connectivity index (χ2v) is 3.53. The molecule has 0 aromatic carbocycles. The molecule has 0 spiro atoms. The van der Waals surface area contributed by atoms with E-state index in [2.05, 4.69) is 21.6 Å². The Labute approximate surface area is 95.5 Å². The monoisotopic (exact) mass is 223 g/mol. The van der Waals surface area contributed by atoms with Crippen molar-refractivity contribution < 1.29 is 9.53 Å². The number of aromatic nitrogens is 2. The first kappa shape index (κ1) is 12.4. The van der Waals surface area contributed by atoms with Gasteiger partial charge in [-0.2, -0.15) is 0 Å². The molecule has 0 fully saturated rings. The Morgan fingerprint density at radius 1 is 1.50 bits per heavy atom. The number of rotatable bonds is 5. The molecule has 16 heavy (non-hydrogen) atoms. The second kappa shape index (κ2) is 6.05. The van der Waals surface area contributed by atoms with E-state index in [4.69, 9.17) is 0 Å². The maximum atomic E-state index is 11.3. The van der Waals surface area contributed by atoms with E-state index in [0.29, 0.717) is 5.82 Å². The van der Waals surface area contributed by atoms with Crippen molar-refractivity contribution in [2.45, 2.75) is 19.8 Å². The van der Waals surface area contributed by atoms with Gasteiger partial charge in [0.05, 0.1) is 19.5 Å². The van der Waals surface area contributed by atoms with Crippen LogP contribution >= 0.6 is 0 Å². The lowest BCUT2D eigenvalue weighted by molar-refractivity contribution is 0.0593. The van der Waals surface area contributed by atoms with Gasteiger partial charge >= 0.3 is 5.97 Å². The molecule has 1 aromatic heterocycles. The number of esters is 1. The van der Waals surface area contributed by atoms with Crippen LogP contribution in [0.25, 0.3) is 0 Å². The number of carbonyl (C=O) groups is 1. The average Bonchev–Trinajstić information content (AvgIpc) is 2.35. The Kier molecular flexibility index (Phi) is 4.69. The van der Waals surface area contributed by atoms with Gasteiger partial charge in [0, 0.05) is 13.6 Å². The van der Waals surface area contributed by atoms with E-state index in [0.717, 1.165) is 19.4 Å². The predicted molar refractivity (Wildman–Crippen MR) is 61.5 cm³/mol. The second-order valence-electron chi connectivity index (χ2n) is 3.53. The Bertz CT molecular complexity index is 355. The molecule has 5 heteroatoms. The fourth-order valence-electron chi connectivity index (χ4n) is 1.25. The molecule has 0 aliphatic carbocycles. The van der Waals surface area contributed by atoms with Gasteiger partial charge in [0.2, 0.25) is 0 Å². The zero-order valence-electron chi connectivity index (χ0n) is 9.93. The number of carbonyl (C=O) groups excluding carboxylic acids is 1. The quantitative estimate of drug-likeness (QED) is 0.708. The Balaban J connectivity index is 2.77. The summed E-state index contributed by atoms with van der Waals surface area (Å²) in [4.78, 5) is 21.4. The summed E-state index contributed by atoms with van der Waals surface area (Å²) in [5.74, 6) is 0.231. The van der Waals surface area contributed by atoms with Crippen molar-refractivity contribution in [2.75, 3.05) is 25.6 Å². The van der Waals surface area contributed by atoms with Gasteiger partial charge in [-0.1, -0.05) is 13.3 Å². The molecular formula is C11H17N3O2. The van der Waals surface area contributed by atoms with E-state index in [9.17, 15) is 4.79 Å². The van der Waals surface area contributed by atoms with Crippen LogP contribution in [0.4, 0.5) is 5.82 Å². The zero-order chi connectivity index (χ0) is 12.0. The molecule has 1 rings (SSSR count). The molecule has 5 nitrogen and oxygen atoms in total. The minimum Gasteiger partial charge on any atom is -0.464 e. The van der Waals surface area contributed by atoms with Crippen LogP contribution in [0.1, 0.15) is 30.3 Å². The summed E-state index contributed by atoms with van der Waals surface area (Å²) in [5, 5.41) is 0. The van der Waals surface area contributed by atoms with Crippen LogP contribution in [0.3, 0.4) is 0 Å². The first-order chi connectivity index (χ1) is 7.69. The molecule has 1 aromatic rings. The lowest BCUT2D eigenvalue weighted by atomic mass is 10.3. The highest BCUT2D eigenvalue weighted by Gasteiger charge is 2.10. The highest BCUT2D eigenvalue weighted by Crippen LogP contribution is 2.09. The average molecular weight is 223 g/mol. The third-order valence-corrected chi connectivity index (χ3v) is 2.25.